The lowest BCUT2D eigenvalue weighted by molar-refractivity contribution is -0.120. The van der Waals surface area contributed by atoms with Crippen molar-refractivity contribution in [3.05, 3.63) is 24.0 Å². The Balaban J connectivity index is 2.40. The van der Waals surface area contributed by atoms with Crippen LogP contribution in [0.5, 0.6) is 0 Å². The number of carbonyl (C=O) groups is 2. The van der Waals surface area contributed by atoms with E-state index in [1.165, 1.54) is 12.3 Å². The first-order chi connectivity index (χ1) is 9.02. The number of nitrogens with one attached hydrogen (secondary N) is 3. The maximum absolute atomic E-state index is 11.7. The molecule has 0 radical (unpaired) electrons. The van der Waals surface area contributed by atoms with Gasteiger partial charge in [-0.2, -0.15) is 0 Å². The number of hydrogen-bond acceptors (Lipinski definition) is 5. The number of nitrogens with two attached hydrogens (primary N) is 1. The highest BCUT2D eigenvalue weighted by molar-refractivity contribution is 5.94. The third-order valence-electron chi connectivity index (χ3n) is 2.28. The van der Waals surface area contributed by atoms with Gasteiger partial charge >= 0.3 is 0 Å². The van der Waals surface area contributed by atoms with E-state index in [1.54, 1.807) is 6.07 Å². The molecule has 7 heteroatoms. The molecule has 0 aliphatic heterocycles. The van der Waals surface area contributed by atoms with Gasteiger partial charge in [-0.25, -0.2) is 4.98 Å². The van der Waals surface area contributed by atoms with Crippen LogP contribution < -0.4 is 21.9 Å². The Morgan fingerprint density at radius 1 is 1.32 bits per heavy atom. The summed E-state index contributed by atoms with van der Waals surface area (Å²) in [5.41, 5.74) is 3.25. The highest BCUT2D eigenvalue weighted by Crippen LogP contribution is 2.03. The van der Waals surface area contributed by atoms with Gasteiger partial charge in [-0.15, -0.1) is 0 Å². The van der Waals surface area contributed by atoms with Crippen molar-refractivity contribution in [3.8, 4) is 0 Å². The van der Waals surface area contributed by atoms with E-state index in [1.807, 2.05) is 13.8 Å². The standard InChI is InChI=1S/C12H19N5O2/c1-8(2)5-15-11(18)7-16-12(19)10-4-3-9(17-13)6-14-10/h3-4,6,8,17H,5,7,13H2,1-2H3,(H,15,18)(H,16,19). The lowest BCUT2D eigenvalue weighted by atomic mass is 10.2. The molecule has 1 aromatic heterocycles. The van der Waals surface area contributed by atoms with E-state index >= 15 is 0 Å². The predicted octanol–water partition coefficient (Wildman–Crippen LogP) is -0.131. The van der Waals surface area contributed by atoms with Crippen LogP contribution in [0.4, 0.5) is 5.69 Å². The summed E-state index contributed by atoms with van der Waals surface area (Å²) >= 11 is 0. The van der Waals surface area contributed by atoms with Crippen LogP contribution in [0.25, 0.3) is 0 Å². The van der Waals surface area contributed by atoms with Gasteiger partial charge in [-0.3, -0.25) is 15.4 Å². The number of aromatic nitrogens is 1. The smallest absolute Gasteiger partial charge is 0.270 e. The van der Waals surface area contributed by atoms with Gasteiger partial charge in [0.2, 0.25) is 5.91 Å². The van der Waals surface area contributed by atoms with Crippen LogP contribution in [0, 0.1) is 5.92 Å². The van der Waals surface area contributed by atoms with Crippen LogP contribution in [-0.2, 0) is 4.79 Å². The Morgan fingerprint density at radius 2 is 2.05 bits per heavy atom. The number of nitrogen functional groups attached to an aromatic ring is 1. The number of amides is 2. The number of hydrogen-bond donors (Lipinski definition) is 4. The zero-order valence-electron chi connectivity index (χ0n) is 11.1. The first-order valence-electron chi connectivity index (χ1n) is 6.00. The molecule has 0 aromatic carbocycles. The molecule has 7 nitrogen and oxygen atoms in total. The molecule has 19 heavy (non-hydrogen) atoms. The average Bonchev–Trinajstić information content (AvgIpc) is 2.42. The SMILES string of the molecule is CC(C)CNC(=O)CNC(=O)c1ccc(NN)cn1. The fraction of sp³-hybridized carbons (Fsp3) is 0.417. The number of rotatable bonds is 6. The molecule has 0 spiro atoms. The summed E-state index contributed by atoms with van der Waals surface area (Å²) in [5.74, 6) is 4.94. The summed E-state index contributed by atoms with van der Waals surface area (Å²) in [5, 5.41) is 5.20. The van der Waals surface area contributed by atoms with E-state index in [2.05, 4.69) is 21.0 Å². The summed E-state index contributed by atoms with van der Waals surface area (Å²) in [6.07, 6.45) is 1.44. The van der Waals surface area contributed by atoms with Gasteiger partial charge in [0.05, 0.1) is 18.4 Å². The highest BCUT2D eigenvalue weighted by atomic mass is 16.2. The Labute approximate surface area is 111 Å². The monoisotopic (exact) mass is 265 g/mol. The van der Waals surface area contributed by atoms with Crippen LogP contribution in [0.3, 0.4) is 0 Å². The molecular weight excluding hydrogens is 246 g/mol. The lowest BCUT2D eigenvalue weighted by Gasteiger charge is -2.08. The minimum atomic E-state index is -0.400. The third-order valence-corrected chi connectivity index (χ3v) is 2.28. The number of anilines is 1. The maximum atomic E-state index is 11.7. The second-order valence-corrected chi connectivity index (χ2v) is 4.46. The lowest BCUT2D eigenvalue weighted by Crippen LogP contribution is -2.38. The number of hydrazine groups is 1. The van der Waals surface area contributed by atoms with Crippen molar-refractivity contribution in [1.29, 1.82) is 0 Å². The van der Waals surface area contributed by atoms with Gasteiger partial charge < -0.3 is 16.1 Å². The van der Waals surface area contributed by atoms with Gasteiger partial charge in [0.15, 0.2) is 0 Å². The Hall–Kier alpha value is -2.15. The predicted molar refractivity (Wildman–Crippen MR) is 72.2 cm³/mol. The van der Waals surface area contributed by atoms with E-state index in [9.17, 15) is 9.59 Å². The zero-order valence-corrected chi connectivity index (χ0v) is 11.1. The molecule has 1 rings (SSSR count). The largest absolute Gasteiger partial charge is 0.354 e. The number of nitrogens with zero attached hydrogens (tertiary/aromatic N) is 1. The summed E-state index contributed by atoms with van der Waals surface area (Å²) < 4.78 is 0. The zero-order chi connectivity index (χ0) is 14.3. The van der Waals surface area contributed by atoms with Crippen molar-refractivity contribution < 1.29 is 9.59 Å². The average molecular weight is 265 g/mol. The minimum Gasteiger partial charge on any atom is -0.354 e. The van der Waals surface area contributed by atoms with Crippen molar-refractivity contribution in [2.75, 3.05) is 18.5 Å². The van der Waals surface area contributed by atoms with E-state index in [4.69, 9.17) is 5.84 Å². The molecule has 0 saturated carbocycles. The van der Waals surface area contributed by atoms with Crippen LogP contribution in [-0.4, -0.2) is 29.9 Å². The molecule has 0 aliphatic carbocycles. The van der Waals surface area contributed by atoms with E-state index < -0.39 is 5.91 Å². The molecule has 0 atom stereocenters. The topological polar surface area (TPSA) is 109 Å². The summed E-state index contributed by atoms with van der Waals surface area (Å²) in [7, 11) is 0. The molecule has 1 aromatic rings. The quantitative estimate of drug-likeness (QED) is 0.423. The van der Waals surface area contributed by atoms with Crippen LogP contribution in [0.1, 0.15) is 24.3 Å². The summed E-state index contributed by atoms with van der Waals surface area (Å²) in [6, 6.07) is 3.15. The van der Waals surface area contributed by atoms with E-state index in [0.717, 1.165) is 0 Å². The molecule has 104 valence electrons. The van der Waals surface area contributed by atoms with E-state index in [0.29, 0.717) is 18.2 Å². The second kappa shape index (κ2) is 7.32. The third kappa shape index (κ3) is 5.35. The van der Waals surface area contributed by atoms with Crippen LogP contribution in [0.15, 0.2) is 18.3 Å². The highest BCUT2D eigenvalue weighted by Gasteiger charge is 2.09. The maximum Gasteiger partial charge on any atom is 0.270 e. The molecule has 0 fully saturated rings. The molecule has 0 saturated heterocycles. The van der Waals surface area contributed by atoms with Crippen molar-refractivity contribution in [3.63, 3.8) is 0 Å². The molecule has 2 amide bonds. The number of carbonyl (C=O) groups excluding carboxylic acids is 2. The number of pyridine rings is 1. The summed E-state index contributed by atoms with van der Waals surface area (Å²) in [4.78, 5) is 27.0. The van der Waals surface area contributed by atoms with Gasteiger partial charge in [0.25, 0.3) is 5.91 Å². The molecule has 0 aliphatic rings. The second-order valence-electron chi connectivity index (χ2n) is 4.46. The molecule has 0 unspecified atom stereocenters. The van der Waals surface area contributed by atoms with Gasteiger partial charge in [-0.05, 0) is 18.1 Å². The van der Waals surface area contributed by atoms with Crippen molar-refractivity contribution in [2.24, 2.45) is 11.8 Å². The first-order valence-corrected chi connectivity index (χ1v) is 6.00. The van der Waals surface area contributed by atoms with Gasteiger partial charge in [-0.1, -0.05) is 13.8 Å². The normalized spacial score (nSPS) is 10.1. The van der Waals surface area contributed by atoms with Gasteiger partial charge in [0, 0.05) is 6.54 Å². The first kappa shape index (κ1) is 14.9. The van der Waals surface area contributed by atoms with Crippen molar-refractivity contribution in [1.82, 2.24) is 15.6 Å². The van der Waals surface area contributed by atoms with Gasteiger partial charge in [0.1, 0.15) is 5.69 Å². The molecular formula is C12H19N5O2. The fourth-order valence-corrected chi connectivity index (χ4v) is 1.25. The fourth-order valence-electron chi connectivity index (χ4n) is 1.25. The van der Waals surface area contributed by atoms with Crippen molar-refractivity contribution in [2.45, 2.75) is 13.8 Å². The van der Waals surface area contributed by atoms with E-state index in [-0.39, 0.29) is 18.1 Å². The molecule has 0 bridgehead atoms. The van der Waals surface area contributed by atoms with Crippen LogP contribution in [0.2, 0.25) is 0 Å². The molecule has 5 N–H and O–H groups in total. The minimum absolute atomic E-state index is 0.0654. The Morgan fingerprint density at radius 3 is 2.58 bits per heavy atom. The Kier molecular flexibility index (Phi) is 5.74. The summed E-state index contributed by atoms with van der Waals surface area (Å²) in [6.45, 7) is 4.51. The Bertz CT molecular complexity index is 430. The molecule has 1 heterocycles. The van der Waals surface area contributed by atoms with Crippen LogP contribution >= 0.6 is 0 Å². The van der Waals surface area contributed by atoms with Crippen molar-refractivity contribution >= 4 is 17.5 Å².